The summed E-state index contributed by atoms with van der Waals surface area (Å²) < 4.78 is 0. The van der Waals surface area contributed by atoms with Crippen molar-refractivity contribution < 1.29 is 4.79 Å². The van der Waals surface area contributed by atoms with Gasteiger partial charge in [0.1, 0.15) is 5.01 Å². The summed E-state index contributed by atoms with van der Waals surface area (Å²) in [4.78, 5) is 20.5. The molecule has 1 saturated carbocycles. The fourth-order valence-corrected chi connectivity index (χ4v) is 3.35. The molecule has 3 rings (SSSR count). The highest BCUT2D eigenvalue weighted by molar-refractivity contribution is 7.13. The lowest BCUT2D eigenvalue weighted by molar-refractivity contribution is -0.121. The van der Waals surface area contributed by atoms with Crippen molar-refractivity contribution >= 4 is 17.2 Å². The van der Waals surface area contributed by atoms with E-state index in [-0.39, 0.29) is 5.91 Å². The van der Waals surface area contributed by atoms with Gasteiger partial charge in [-0.3, -0.25) is 9.78 Å². The van der Waals surface area contributed by atoms with Crippen molar-refractivity contribution in [2.24, 2.45) is 0 Å². The summed E-state index contributed by atoms with van der Waals surface area (Å²) in [6.07, 6.45) is 8.57. The van der Waals surface area contributed by atoms with Crippen LogP contribution in [0.4, 0.5) is 0 Å². The van der Waals surface area contributed by atoms with E-state index in [1.807, 2.05) is 17.5 Å². The first-order chi connectivity index (χ1) is 9.81. The number of hydrogen-bond acceptors (Lipinski definition) is 4. The molecule has 1 N–H and O–H groups in total. The Balaban J connectivity index is 1.61. The van der Waals surface area contributed by atoms with E-state index in [1.54, 1.807) is 23.7 Å². The van der Waals surface area contributed by atoms with Crippen molar-refractivity contribution in [3.05, 3.63) is 35.6 Å². The minimum atomic E-state index is 0.0866. The molecule has 104 valence electrons. The Morgan fingerprint density at radius 2 is 2.05 bits per heavy atom. The zero-order valence-corrected chi connectivity index (χ0v) is 12.0. The molecule has 0 aliphatic heterocycles. The standard InChI is InChI=1S/C15H17N3OS/c19-14(17-12-3-1-2-4-12)9-13-10-20-15(18-13)11-5-7-16-8-6-11/h5-8,10,12H,1-4,9H2,(H,17,19). The largest absolute Gasteiger partial charge is 0.353 e. The lowest BCUT2D eigenvalue weighted by atomic mass is 10.2. The Morgan fingerprint density at radius 1 is 1.30 bits per heavy atom. The second kappa shape index (κ2) is 6.13. The summed E-state index contributed by atoms with van der Waals surface area (Å²) in [5.74, 6) is 0.0866. The molecule has 2 heterocycles. The third-order valence-electron chi connectivity index (χ3n) is 3.54. The topological polar surface area (TPSA) is 54.9 Å². The Bertz CT molecular complexity index is 576. The van der Waals surface area contributed by atoms with Gasteiger partial charge in [-0.05, 0) is 25.0 Å². The first-order valence-electron chi connectivity index (χ1n) is 6.95. The number of hydrogen-bond donors (Lipinski definition) is 1. The van der Waals surface area contributed by atoms with Crippen molar-refractivity contribution in [1.29, 1.82) is 0 Å². The number of nitrogens with zero attached hydrogens (tertiary/aromatic N) is 2. The number of nitrogens with one attached hydrogen (secondary N) is 1. The van der Waals surface area contributed by atoms with E-state index >= 15 is 0 Å². The van der Waals surface area contributed by atoms with Gasteiger partial charge < -0.3 is 5.32 Å². The van der Waals surface area contributed by atoms with Gasteiger partial charge in [-0.15, -0.1) is 11.3 Å². The summed E-state index contributed by atoms with van der Waals surface area (Å²) in [7, 11) is 0. The van der Waals surface area contributed by atoms with Gasteiger partial charge >= 0.3 is 0 Å². The summed E-state index contributed by atoms with van der Waals surface area (Å²) in [6.45, 7) is 0. The number of thiazole rings is 1. The summed E-state index contributed by atoms with van der Waals surface area (Å²) in [5.41, 5.74) is 1.89. The van der Waals surface area contributed by atoms with E-state index in [2.05, 4.69) is 15.3 Å². The molecule has 5 heteroatoms. The minimum Gasteiger partial charge on any atom is -0.353 e. The monoisotopic (exact) mass is 287 g/mol. The van der Waals surface area contributed by atoms with E-state index in [4.69, 9.17) is 0 Å². The molecule has 0 radical (unpaired) electrons. The molecule has 20 heavy (non-hydrogen) atoms. The second-order valence-electron chi connectivity index (χ2n) is 5.11. The van der Waals surface area contributed by atoms with Crippen molar-refractivity contribution in [1.82, 2.24) is 15.3 Å². The molecule has 1 aliphatic rings. The van der Waals surface area contributed by atoms with Crippen molar-refractivity contribution in [2.75, 3.05) is 0 Å². The molecule has 0 atom stereocenters. The highest BCUT2D eigenvalue weighted by Crippen LogP contribution is 2.23. The van der Waals surface area contributed by atoms with Crippen LogP contribution in [-0.4, -0.2) is 21.9 Å². The van der Waals surface area contributed by atoms with Crippen molar-refractivity contribution in [3.63, 3.8) is 0 Å². The SMILES string of the molecule is O=C(Cc1csc(-c2ccncc2)n1)NC1CCCC1. The molecule has 4 nitrogen and oxygen atoms in total. The van der Waals surface area contributed by atoms with Crippen LogP contribution >= 0.6 is 11.3 Å². The highest BCUT2D eigenvalue weighted by Gasteiger charge is 2.17. The van der Waals surface area contributed by atoms with E-state index < -0.39 is 0 Å². The Morgan fingerprint density at radius 3 is 2.80 bits per heavy atom. The predicted molar refractivity (Wildman–Crippen MR) is 79.4 cm³/mol. The molecule has 0 spiro atoms. The van der Waals surface area contributed by atoms with Gasteiger partial charge in [0.15, 0.2) is 0 Å². The van der Waals surface area contributed by atoms with E-state index in [1.165, 1.54) is 12.8 Å². The Hall–Kier alpha value is -1.75. The molecule has 0 unspecified atom stereocenters. The maximum absolute atomic E-state index is 12.0. The first-order valence-corrected chi connectivity index (χ1v) is 7.83. The van der Waals surface area contributed by atoms with Crippen molar-refractivity contribution in [3.8, 4) is 10.6 Å². The van der Waals surface area contributed by atoms with Crippen LogP contribution in [0.2, 0.25) is 0 Å². The number of aromatic nitrogens is 2. The second-order valence-corrected chi connectivity index (χ2v) is 5.96. The molecule has 0 aromatic carbocycles. The van der Waals surface area contributed by atoms with Crippen LogP contribution in [0.25, 0.3) is 10.6 Å². The maximum Gasteiger partial charge on any atom is 0.226 e. The van der Waals surface area contributed by atoms with Crippen LogP contribution in [-0.2, 0) is 11.2 Å². The van der Waals surface area contributed by atoms with Crippen LogP contribution in [0.5, 0.6) is 0 Å². The van der Waals surface area contributed by atoms with Gasteiger partial charge in [0.25, 0.3) is 0 Å². The summed E-state index contributed by atoms with van der Waals surface area (Å²) in [6, 6.07) is 4.24. The van der Waals surface area contributed by atoms with Crippen LogP contribution < -0.4 is 5.32 Å². The lowest BCUT2D eigenvalue weighted by Crippen LogP contribution is -2.33. The molecule has 1 fully saturated rings. The average molecular weight is 287 g/mol. The van der Waals surface area contributed by atoms with Crippen LogP contribution in [0, 0.1) is 0 Å². The van der Waals surface area contributed by atoms with Crippen LogP contribution in [0.15, 0.2) is 29.9 Å². The zero-order valence-electron chi connectivity index (χ0n) is 11.2. The van der Waals surface area contributed by atoms with E-state index in [0.717, 1.165) is 29.1 Å². The molecule has 0 saturated heterocycles. The van der Waals surface area contributed by atoms with Crippen LogP contribution in [0.1, 0.15) is 31.4 Å². The average Bonchev–Trinajstić information content (AvgIpc) is 3.11. The fourth-order valence-electron chi connectivity index (χ4n) is 2.53. The number of carbonyl (C=O) groups excluding carboxylic acids is 1. The van der Waals surface area contributed by atoms with Gasteiger partial charge in [-0.25, -0.2) is 4.98 Å². The fraction of sp³-hybridized carbons (Fsp3) is 0.400. The number of rotatable bonds is 4. The van der Waals surface area contributed by atoms with Gasteiger partial charge in [-0.2, -0.15) is 0 Å². The predicted octanol–water partition coefficient (Wildman–Crippen LogP) is 2.81. The van der Waals surface area contributed by atoms with E-state index in [0.29, 0.717) is 12.5 Å². The van der Waals surface area contributed by atoms with Gasteiger partial charge in [0.05, 0.1) is 12.1 Å². The normalized spacial score (nSPS) is 15.4. The molecule has 1 amide bonds. The lowest BCUT2D eigenvalue weighted by Gasteiger charge is -2.10. The quantitative estimate of drug-likeness (QED) is 0.940. The molecule has 2 aromatic heterocycles. The molecule has 1 aliphatic carbocycles. The maximum atomic E-state index is 12.0. The smallest absolute Gasteiger partial charge is 0.226 e. The summed E-state index contributed by atoms with van der Waals surface area (Å²) >= 11 is 1.57. The van der Waals surface area contributed by atoms with Gasteiger partial charge in [0, 0.05) is 29.4 Å². The highest BCUT2D eigenvalue weighted by atomic mass is 32.1. The van der Waals surface area contributed by atoms with Crippen molar-refractivity contribution in [2.45, 2.75) is 38.1 Å². The van der Waals surface area contributed by atoms with Gasteiger partial charge in [-0.1, -0.05) is 12.8 Å². The Labute approximate surface area is 122 Å². The molecule has 0 bridgehead atoms. The van der Waals surface area contributed by atoms with E-state index in [9.17, 15) is 4.79 Å². The summed E-state index contributed by atoms with van der Waals surface area (Å²) in [5, 5.41) is 6.00. The number of pyridine rings is 1. The zero-order chi connectivity index (χ0) is 13.8. The minimum absolute atomic E-state index is 0.0866. The first kappa shape index (κ1) is 13.2. The molecular formula is C15H17N3OS. The number of carbonyl (C=O) groups is 1. The number of amides is 1. The molecule has 2 aromatic rings. The third kappa shape index (κ3) is 3.22. The molecular weight excluding hydrogens is 270 g/mol. The third-order valence-corrected chi connectivity index (χ3v) is 4.48. The Kier molecular flexibility index (Phi) is 4.06. The van der Waals surface area contributed by atoms with Crippen LogP contribution in [0.3, 0.4) is 0 Å². The van der Waals surface area contributed by atoms with Gasteiger partial charge in [0.2, 0.25) is 5.91 Å².